The van der Waals surface area contributed by atoms with Gasteiger partial charge in [-0.15, -0.1) is 0 Å². The molecule has 1 rings (SSSR count). The molecule has 0 N–H and O–H groups in total. The fourth-order valence-electron chi connectivity index (χ4n) is 1.50. The minimum Gasteiger partial charge on any atom is -0.212 e. The molecule has 0 aromatic rings. The van der Waals surface area contributed by atoms with Crippen molar-refractivity contribution in [2.75, 3.05) is 24.2 Å². The van der Waals surface area contributed by atoms with Crippen molar-refractivity contribution in [1.82, 2.24) is 4.31 Å². The summed E-state index contributed by atoms with van der Waals surface area (Å²) < 4.78 is 24.3. The summed E-state index contributed by atoms with van der Waals surface area (Å²) in [5.74, 6) is 0.353. The molecule has 0 aromatic heterocycles. The number of halogens is 1. The summed E-state index contributed by atoms with van der Waals surface area (Å²) in [6.45, 7) is 1.45. The SMILES string of the molecule is O=S1(=O)CCCN1CCCCCBr. The van der Waals surface area contributed by atoms with Gasteiger partial charge in [-0.3, -0.25) is 0 Å². The average Bonchev–Trinajstić information content (AvgIpc) is 2.40. The molecular formula is C8H16BrNO2S. The number of rotatable bonds is 5. The fourth-order valence-corrected chi connectivity index (χ4v) is 3.46. The van der Waals surface area contributed by atoms with E-state index in [0.29, 0.717) is 5.75 Å². The Kier molecular flexibility index (Phi) is 4.69. The Hall–Kier alpha value is 0.390. The maximum atomic E-state index is 11.3. The van der Waals surface area contributed by atoms with Crippen LogP contribution in [0.2, 0.25) is 0 Å². The second-order valence-corrected chi connectivity index (χ2v) is 6.20. The van der Waals surface area contributed by atoms with Crippen molar-refractivity contribution in [1.29, 1.82) is 0 Å². The fraction of sp³-hybridized carbons (Fsp3) is 1.00. The number of alkyl halides is 1. The highest BCUT2D eigenvalue weighted by molar-refractivity contribution is 9.09. The van der Waals surface area contributed by atoms with Gasteiger partial charge in [0, 0.05) is 18.4 Å². The number of unbranched alkanes of at least 4 members (excludes halogenated alkanes) is 2. The van der Waals surface area contributed by atoms with Crippen molar-refractivity contribution in [2.45, 2.75) is 25.7 Å². The molecule has 0 bridgehead atoms. The first-order chi connectivity index (χ1) is 6.17. The summed E-state index contributed by atoms with van der Waals surface area (Å²) in [5.41, 5.74) is 0. The monoisotopic (exact) mass is 269 g/mol. The zero-order valence-corrected chi connectivity index (χ0v) is 10.1. The number of nitrogens with zero attached hydrogens (tertiary/aromatic N) is 1. The largest absolute Gasteiger partial charge is 0.214 e. The molecule has 0 spiro atoms. The molecule has 78 valence electrons. The lowest BCUT2D eigenvalue weighted by Crippen LogP contribution is -2.26. The summed E-state index contributed by atoms with van der Waals surface area (Å²) in [4.78, 5) is 0. The van der Waals surface area contributed by atoms with Crippen molar-refractivity contribution >= 4 is 26.0 Å². The van der Waals surface area contributed by atoms with Gasteiger partial charge < -0.3 is 0 Å². The second-order valence-electron chi connectivity index (χ2n) is 3.32. The molecule has 1 heterocycles. The van der Waals surface area contributed by atoms with Crippen LogP contribution in [0.25, 0.3) is 0 Å². The van der Waals surface area contributed by atoms with E-state index in [9.17, 15) is 8.42 Å². The number of sulfonamides is 1. The second kappa shape index (κ2) is 5.32. The molecule has 0 atom stereocenters. The van der Waals surface area contributed by atoms with Gasteiger partial charge in [0.25, 0.3) is 0 Å². The maximum absolute atomic E-state index is 11.3. The van der Waals surface area contributed by atoms with Gasteiger partial charge >= 0.3 is 0 Å². The molecule has 0 aromatic carbocycles. The summed E-state index contributed by atoms with van der Waals surface area (Å²) >= 11 is 3.35. The molecule has 1 saturated heterocycles. The third kappa shape index (κ3) is 3.56. The van der Waals surface area contributed by atoms with E-state index in [2.05, 4.69) is 15.9 Å². The van der Waals surface area contributed by atoms with Gasteiger partial charge in [0.1, 0.15) is 0 Å². The topological polar surface area (TPSA) is 37.4 Å². The maximum Gasteiger partial charge on any atom is 0.214 e. The average molecular weight is 270 g/mol. The van der Waals surface area contributed by atoms with Crippen molar-refractivity contribution < 1.29 is 8.42 Å². The van der Waals surface area contributed by atoms with E-state index >= 15 is 0 Å². The lowest BCUT2D eigenvalue weighted by Gasteiger charge is -2.13. The molecule has 1 fully saturated rings. The lowest BCUT2D eigenvalue weighted by molar-refractivity contribution is 0.429. The van der Waals surface area contributed by atoms with Gasteiger partial charge in [-0.1, -0.05) is 22.4 Å². The van der Waals surface area contributed by atoms with E-state index in [1.165, 1.54) is 0 Å². The third-order valence-corrected chi connectivity index (χ3v) is 4.76. The van der Waals surface area contributed by atoms with E-state index in [1.807, 2.05) is 0 Å². The Morgan fingerprint density at radius 1 is 1.23 bits per heavy atom. The summed E-state index contributed by atoms with van der Waals surface area (Å²) in [6.07, 6.45) is 4.04. The summed E-state index contributed by atoms with van der Waals surface area (Å²) in [6, 6.07) is 0. The van der Waals surface area contributed by atoms with Gasteiger partial charge in [-0.2, -0.15) is 0 Å². The van der Waals surface area contributed by atoms with E-state index in [1.54, 1.807) is 4.31 Å². The van der Waals surface area contributed by atoms with Crippen LogP contribution >= 0.6 is 15.9 Å². The molecular weight excluding hydrogens is 254 g/mol. The van der Waals surface area contributed by atoms with Gasteiger partial charge in [-0.25, -0.2) is 12.7 Å². The van der Waals surface area contributed by atoms with Crippen LogP contribution in [0.4, 0.5) is 0 Å². The molecule has 3 nitrogen and oxygen atoms in total. The summed E-state index contributed by atoms with van der Waals surface area (Å²) in [7, 11) is -2.85. The van der Waals surface area contributed by atoms with Crippen LogP contribution in [0.15, 0.2) is 0 Å². The highest BCUT2D eigenvalue weighted by Gasteiger charge is 2.26. The molecule has 0 unspecified atom stereocenters. The highest BCUT2D eigenvalue weighted by Crippen LogP contribution is 2.14. The minimum absolute atomic E-state index is 0.353. The first kappa shape index (κ1) is 11.5. The lowest BCUT2D eigenvalue weighted by atomic mass is 10.2. The van der Waals surface area contributed by atoms with Gasteiger partial charge in [0.05, 0.1) is 5.75 Å². The van der Waals surface area contributed by atoms with E-state index < -0.39 is 10.0 Å². The Bertz CT molecular complexity index is 241. The van der Waals surface area contributed by atoms with Crippen LogP contribution in [0.5, 0.6) is 0 Å². The van der Waals surface area contributed by atoms with E-state index in [4.69, 9.17) is 0 Å². The summed E-state index contributed by atoms with van der Waals surface area (Å²) in [5, 5.41) is 1.01. The zero-order chi connectivity index (χ0) is 9.73. The number of hydrogen-bond acceptors (Lipinski definition) is 2. The Morgan fingerprint density at radius 2 is 2.00 bits per heavy atom. The zero-order valence-electron chi connectivity index (χ0n) is 7.71. The number of hydrogen-bond donors (Lipinski definition) is 0. The van der Waals surface area contributed by atoms with Gasteiger partial charge in [-0.05, 0) is 19.3 Å². The Balaban J connectivity index is 2.22. The van der Waals surface area contributed by atoms with Crippen LogP contribution in [0, 0.1) is 0 Å². The molecule has 5 heteroatoms. The van der Waals surface area contributed by atoms with Gasteiger partial charge in [0.2, 0.25) is 10.0 Å². The smallest absolute Gasteiger partial charge is 0.212 e. The molecule has 0 saturated carbocycles. The molecule has 0 radical (unpaired) electrons. The van der Waals surface area contributed by atoms with Crippen molar-refractivity contribution in [3.63, 3.8) is 0 Å². The van der Waals surface area contributed by atoms with Crippen LogP contribution in [0.3, 0.4) is 0 Å². The van der Waals surface area contributed by atoms with Gasteiger partial charge in [0.15, 0.2) is 0 Å². The molecule has 1 aliphatic rings. The van der Waals surface area contributed by atoms with Crippen LogP contribution in [0.1, 0.15) is 25.7 Å². The first-order valence-electron chi connectivity index (χ1n) is 4.70. The van der Waals surface area contributed by atoms with E-state index in [-0.39, 0.29) is 0 Å². The molecule has 1 aliphatic heterocycles. The normalized spacial score (nSPS) is 22.2. The van der Waals surface area contributed by atoms with Crippen molar-refractivity contribution in [3.8, 4) is 0 Å². The quantitative estimate of drug-likeness (QED) is 0.562. The molecule has 0 amide bonds. The third-order valence-electron chi connectivity index (χ3n) is 2.24. The highest BCUT2D eigenvalue weighted by atomic mass is 79.9. The Labute approximate surface area is 88.7 Å². The molecule has 13 heavy (non-hydrogen) atoms. The van der Waals surface area contributed by atoms with Crippen molar-refractivity contribution in [3.05, 3.63) is 0 Å². The predicted octanol–water partition coefficient (Wildman–Crippen LogP) is 1.59. The van der Waals surface area contributed by atoms with Crippen molar-refractivity contribution in [2.24, 2.45) is 0 Å². The van der Waals surface area contributed by atoms with Crippen LogP contribution in [-0.4, -0.2) is 36.9 Å². The molecule has 0 aliphatic carbocycles. The standard InChI is InChI=1S/C8H16BrNO2S/c9-5-2-1-3-6-10-7-4-8-13(10,11)12/h1-8H2. The minimum atomic E-state index is -2.85. The first-order valence-corrected chi connectivity index (χ1v) is 7.43. The Morgan fingerprint density at radius 3 is 2.54 bits per heavy atom. The van der Waals surface area contributed by atoms with Crippen LogP contribution < -0.4 is 0 Å². The van der Waals surface area contributed by atoms with Crippen LogP contribution in [-0.2, 0) is 10.0 Å². The van der Waals surface area contributed by atoms with E-state index in [0.717, 1.165) is 44.1 Å². The predicted molar refractivity (Wildman–Crippen MR) is 57.6 cm³/mol.